The average molecular weight is 576 g/mol. The Hall–Kier alpha value is -2.80. The van der Waals surface area contributed by atoms with Crippen LogP contribution < -0.4 is 10.3 Å². The number of amides is 2. The average Bonchev–Trinajstić information content (AvgIpc) is 3.31. The summed E-state index contributed by atoms with van der Waals surface area (Å²) in [7, 11) is -4.04. The molecule has 0 radical (unpaired) electrons. The van der Waals surface area contributed by atoms with Gasteiger partial charge in [0, 0.05) is 48.9 Å². The second-order valence-electron chi connectivity index (χ2n) is 10.2. The molecular formula is C25H26ClN5O5S2. The van der Waals surface area contributed by atoms with Crippen molar-refractivity contribution < 1.29 is 18.0 Å². The molecule has 1 aromatic carbocycles. The Bertz CT molecular complexity index is 1600. The van der Waals surface area contributed by atoms with E-state index in [-0.39, 0.29) is 34.2 Å². The SMILES string of the molecule is O=C(CN1CCC[C@H](NS(=O)(=O)c2nc3cc(Cl)ccc3s2)C1=O)N1CC2CC(C1)c1cccc(=O)n1C2. The van der Waals surface area contributed by atoms with Crippen LogP contribution >= 0.6 is 22.9 Å². The smallest absolute Gasteiger partial charge is 0.268 e. The maximum Gasteiger partial charge on any atom is 0.268 e. The number of halogens is 1. The van der Waals surface area contributed by atoms with Gasteiger partial charge in [-0.3, -0.25) is 14.4 Å². The molecule has 13 heteroatoms. The first-order valence-electron chi connectivity index (χ1n) is 12.5. The Labute approximate surface area is 228 Å². The third kappa shape index (κ3) is 4.74. The van der Waals surface area contributed by atoms with Crippen molar-refractivity contribution in [1.82, 2.24) is 24.1 Å². The van der Waals surface area contributed by atoms with Crippen LogP contribution in [0.4, 0.5) is 0 Å². The summed E-state index contributed by atoms with van der Waals surface area (Å²) in [4.78, 5) is 46.2. The summed E-state index contributed by atoms with van der Waals surface area (Å²) >= 11 is 7.00. The maximum atomic E-state index is 13.3. The van der Waals surface area contributed by atoms with E-state index in [1.54, 1.807) is 35.2 Å². The molecule has 38 heavy (non-hydrogen) atoms. The number of nitrogens with one attached hydrogen (secondary N) is 1. The number of pyridine rings is 1. The lowest BCUT2D eigenvalue weighted by atomic mass is 9.83. The van der Waals surface area contributed by atoms with Crippen molar-refractivity contribution in [3.63, 3.8) is 0 Å². The lowest BCUT2D eigenvalue weighted by Gasteiger charge is -2.43. The lowest BCUT2D eigenvalue weighted by molar-refractivity contribution is -0.144. The molecule has 3 aliphatic heterocycles. The number of fused-ring (bicyclic) bond motifs is 5. The van der Waals surface area contributed by atoms with Crippen LogP contribution in [0.25, 0.3) is 10.2 Å². The number of sulfonamides is 1. The first-order valence-corrected chi connectivity index (χ1v) is 15.2. The molecule has 1 N–H and O–H groups in total. The highest BCUT2D eigenvalue weighted by atomic mass is 35.5. The summed E-state index contributed by atoms with van der Waals surface area (Å²) in [5.41, 5.74) is 1.41. The lowest BCUT2D eigenvalue weighted by Crippen LogP contribution is -2.56. The number of piperidine rings is 2. The van der Waals surface area contributed by atoms with Gasteiger partial charge in [-0.15, -0.1) is 11.3 Å². The molecule has 0 aliphatic carbocycles. The molecule has 3 aromatic rings. The Morgan fingerprint density at radius 2 is 2.00 bits per heavy atom. The van der Waals surface area contributed by atoms with E-state index in [2.05, 4.69) is 9.71 Å². The molecule has 200 valence electrons. The van der Waals surface area contributed by atoms with Crippen LogP contribution in [-0.4, -0.2) is 71.8 Å². The molecule has 0 saturated carbocycles. The van der Waals surface area contributed by atoms with Crippen LogP contribution in [0.5, 0.6) is 0 Å². The second kappa shape index (κ2) is 9.74. The summed E-state index contributed by atoms with van der Waals surface area (Å²) in [5, 5.41) is 0.456. The highest BCUT2D eigenvalue weighted by Gasteiger charge is 2.39. The Morgan fingerprint density at radius 1 is 1.16 bits per heavy atom. The van der Waals surface area contributed by atoms with Gasteiger partial charge >= 0.3 is 0 Å². The van der Waals surface area contributed by atoms with E-state index in [4.69, 9.17) is 11.6 Å². The highest BCUT2D eigenvalue weighted by Crippen LogP contribution is 2.35. The minimum Gasteiger partial charge on any atom is -0.340 e. The van der Waals surface area contributed by atoms with Gasteiger partial charge in [0.25, 0.3) is 15.6 Å². The van der Waals surface area contributed by atoms with E-state index >= 15 is 0 Å². The minimum atomic E-state index is -4.04. The zero-order chi connectivity index (χ0) is 26.6. The number of aromatic nitrogens is 2. The summed E-state index contributed by atoms with van der Waals surface area (Å²) < 4.78 is 31.0. The normalized spacial score (nSPS) is 23.5. The molecule has 2 aromatic heterocycles. The Kier molecular flexibility index (Phi) is 6.53. The molecule has 0 spiro atoms. The fourth-order valence-electron chi connectivity index (χ4n) is 5.80. The van der Waals surface area contributed by atoms with Gasteiger partial charge in [0.1, 0.15) is 6.04 Å². The third-order valence-electron chi connectivity index (χ3n) is 7.55. The molecule has 3 aliphatic rings. The summed E-state index contributed by atoms with van der Waals surface area (Å²) in [6.45, 7) is 1.91. The van der Waals surface area contributed by atoms with E-state index in [1.807, 2.05) is 10.6 Å². The molecule has 2 saturated heterocycles. The van der Waals surface area contributed by atoms with Crippen molar-refractivity contribution in [2.45, 2.75) is 42.1 Å². The van der Waals surface area contributed by atoms with Gasteiger partial charge in [0.2, 0.25) is 16.2 Å². The molecule has 6 rings (SSSR count). The fourth-order valence-corrected chi connectivity index (χ4v) is 8.41. The van der Waals surface area contributed by atoms with Crippen molar-refractivity contribution in [2.24, 2.45) is 5.92 Å². The minimum absolute atomic E-state index is 0.0148. The van der Waals surface area contributed by atoms with Gasteiger partial charge < -0.3 is 14.4 Å². The summed E-state index contributed by atoms with van der Waals surface area (Å²) in [5.74, 6) is -0.302. The van der Waals surface area contributed by atoms with E-state index in [0.717, 1.165) is 23.5 Å². The van der Waals surface area contributed by atoms with Gasteiger partial charge in [0.05, 0.1) is 16.8 Å². The van der Waals surface area contributed by atoms with Gasteiger partial charge in [-0.2, -0.15) is 4.72 Å². The molecule has 2 bridgehead atoms. The number of nitrogens with zero attached hydrogens (tertiary/aromatic N) is 4. The molecule has 2 unspecified atom stereocenters. The number of benzene rings is 1. The standard InChI is InChI=1S/C25H26ClN5O5S2/c26-17-6-7-21-19(10-17)27-25(37-21)38(35,36)28-18-3-2-8-29(24(18)34)14-23(33)30-11-15-9-16(13-30)20-4-1-5-22(32)31(20)12-15/h1,4-7,10,15-16,18,28H,2-3,8-9,11-14H2/t15?,16?,18-/m0/s1. The molecule has 2 amide bonds. The first kappa shape index (κ1) is 25.5. The van der Waals surface area contributed by atoms with Crippen LogP contribution in [-0.2, 0) is 26.2 Å². The largest absolute Gasteiger partial charge is 0.340 e. The third-order valence-corrected chi connectivity index (χ3v) is 10.7. The van der Waals surface area contributed by atoms with Crippen molar-refractivity contribution in [1.29, 1.82) is 0 Å². The number of thiazole rings is 1. The van der Waals surface area contributed by atoms with E-state index in [1.165, 1.54) is 4.90 Å². The number of carbonyl (C=O) groups is 2. The summed E-state index contributed by atoms with van der Waals surface area (Å²) in [6.07, 6.45) is 1.85. The van der Waals surface area contributed by atoms with Gasteiger partial charge in [-0.25, -0.2) is 13.4 Å². The molecular weight excluding hydrogens is 550 g/mol. The summed E-state index contributed by atoms with van der Waals surface area (Å²) in [6, 6.07) is 9.27. The van der Waals surface area contributed by atoms with Crippen LogP contribution in [0.1, 0.15) is 30.9 Å². The monoisotopic (exact) mass is 575 g/mol. The van der Waals surface area contributed by atoms with Crippen LogP contribution in [0.3, 0.4) is 0 Å². The number of hydrogen-bond acceptors (Lipinski definition) is 7. The van der Waals surface area contributed by atoms with Gasteiger partial charge in [-0.05, 0) is 49.4 Å². The molecule has 10 nitrogen and oxygen atoms in total. The van der Waals surface area contributed by atoms with Crippen LogP contribution in [0, 0.1) is 5.92 Å². The predicted molar refractivity (Wildman–Crippen MR) is 143 cm³/mol. The number of likely N-dealkylation sites (tertiary alicyclic amines) is 2. The number of carbonyl (C=O) groups excluding carboxylic acids is 2. The maximum absolute atomic E-state index is 13.3. The van der Waals surface area contributed by atoms with E-state index < -0.39 is 22.0 Å². The first-order chi connectivity index (χ1) is 18.2. The molecule has 2 fully saturated rings. The van der Waals surface area contributed by atoms with E-state index in [9.17, 15) is 22.8 Å². The Morgan fingerprint density at radius 3 is 2.84 bits per heavy atom. The van der Waals surface area contributed by atoms with Gasteiger partial charge in [0.15, 0.2) is 0 Å². The van der Waals surface area contributed by atoms with Gasteiger partial charge in [-0.1, -0.05) is 17.7 Å². The van der Waals surface area contributed by atoms with Crippen LogP contribution in [0.15, 0.2) is 45.5 Å². The topological polar surface area (TPSA) is 122 Å². The number of rotatable bonds is 5. The quantitative estimate of drug-likeness (QED) is 0.497. The zero-order valence-corrected chi connectivity index (χ0v) is 22.8. The molecule has 5 heterocycles. The Balaban J connectivity index is 1.13. The van der Waals surface area contributed by atoms with E-state index in [0.29, 0.717) is 54.3 Å². The highest BCUT2D eigenvalue weighted by molar-refractivity contribution is 7.91. The fraction of sp³-hybridized carbons (Fsp3) is 0.440. The number of hydrogen-bond donors (Lipinski definition) is 1. The predicted octanol–water partition coefficient (Wildman–Crippen LogP) is 2.03. The zero-order valence-electron chi connectivity index (χ0n) is 20.4. The van der Waals surface area contributed by atoms with Crippen molar-refractivity contribution >= 4 is 55.0 Å². The van der Waals surface area contributed by atoms with Crippen molar-refractivity contribution in [2.75, 3.05) is 26.2 Å². The molecule has 3 atom stereocenters. The van der Waals surface area contributed by atoms with Crippen molar-refractivity contribution in [3.05, 3.63) is 57.5 Å². The second-order valence-corrected chi connectivity index (χ2v) is 13.5. The van der Waals surface area contributed by atoms with Crippen LogP contribution in [0.2, 0.25) is 5.02 Å². The van der Waals surface area contributed by atoms with Crippen molar-refractivity contribution in [3.8, 4) is 0 Å².